The Balaban J connectivity index is -0.000000145. The fourth-order valence-electron chi connectivity index (χ4n) is 1.65. The van der Waals surface area contributed by atoms with Gasteiger partial charge in [0.25, 0.3) is 0 Å². The highest BCUT2D eigenvalue weighted by Gasteiger charge is 1.96. The SMILES string of the molecule is C.CC(=O)/C(C)=C\C(C)C.CC(=O)CCCC(C)C.CC(C)/C=C/C(=O)O. The Morgan fingerprint density at radius 3 is 1.56 bits per heavy atom. The molecule has 0 radical (unpaired) electrons. The number of carboxylic acid groups (broad SMARTS) is 1. The van der Waals surface area contributed by atoms with E-state index >= 15 is 0 Å². The van der Waals surface area contributed by atoms with Gasteiger partial charge < -0.3 is 9.90 Å². The van der Waals surface area contributed by atoms with Crippen LogP contribution in [0.2, 0.25) is 0 Å². The first-order valence-corrected chi connectivity index (χ1v) is 9.39. The lowest BCUT2D eigenvalue weighted by molar-refractivity contribution is -0.131. The van der Waals surface area contributed by atoms with Gasteiger partial charge in [-0.05, 0) is 50.5 Å². The minimum Gasteiger partial charge on any atom is -0.478 e. The highest BCUT2D eigenvalue weighted by Crippen LogP contribution is 2.05. The molecule has 0 saturated heterocycles. The number of carboxylic acids is 1. The maximum atomic E-state index is 10.6. The van der Waals surface area contributed by atoms with Crippen molar-refractivity contribution in [1.82, 2.24) is 0 Å². The van der Waals surface area contributed by atoms with Crippen molar-refractivity contribution >= 4 is 17.5 Å². The fraction of sp³-hybridized carbons (Fsp3) is 0.696. The molecule has 0 heterocycles. The van der Waals surface area contributed by atoms with Crippen LogP contribution in [0.1, 0.15) is 89.0 Å². The smallest absolute Gasteiger partial charge is 0.327 e. The molecule has 0 aliphatic rings. The standard InChI is InChI=1S/C8H14O.C8H16O.C6H10O2.CH4/c1-6(2)5-7(3)8(4)9;1-7(2)5-4-6-8(3)9;1-5(2)3-4-6(7)8;/h5-6H,1-4H3;7H,4-6H2,1-3H3;3-5H,1-2H3,(H,7,8);1H4/b7-5-;;4-3+;. The summed E-state index contributed by atoms with van der Waals surface area (Å²) < 4.78 is 0. The Bertz CT molecular complexity index is 455. The molecule has 0 amide bonds. The van der Waals surface area contributed by atoms with Crippen LogP contribution in [0.4, 0.5) is 0 Å². The van der Waals surface area contributed by atoms with Crippen LogP contribution in [0.15, 0.2) is 23.8 Å². The molecule has 0 rings (SSSR count). The maximum Gasteiger partial charge on any atom is 0.327 e. The van der Waals surface area contributed by atoms with Crippen LogP contribution >= 0.6 is 0 Å². The zero-order chi connectivity index (χ0) is 21.3. The third kappa shape index (κ3) is 40.4. The molecule has 160 valence electrons. The molecule has 27 heavy (non-hydrogen) atoms. The van der Waals surface area contributed by atoms with Crippen LogP contribution in [-0.4, -0.2) is 22.6 Å². The number of carbonyl (C=O) groups excluding carboxylic acids is 2. The number of rotatable bonds is 8. The van der Waals surface area contributed by atoms with Crippen molar-refractivity contribution in [3.63, 3.8) is 0 Å². The highest BCUT2D eigenvalue weighted by atomic mass is 16.4. The zero-order valence-electron chi connectivity index (χ0n) is 18.3. The number of Topliss-reactive ketones (excluding diaryl/α,β-unsaturated/α-hetero) is 2. The third-order valence-corrected chi connectivity index (χ3v) is 3.07. The predicted molar refractivity (Wildman–Crippen MR) is 117 cm³/mol. The fourth-order valence-corrected chi connectivity index (χ4v) is 1.65. The van der Waals surface area contributed by atoms with Gasteiger partial charge in [-0.1, -0.05) is 67.5 Å². The normalized spacial score (nSPS) is 10.7. The van der Waals surface area contributed by atoms with Crippen molar-refractivity contribution in [3.8, 4) is 0 Å². The highest BCUT2D eigenvalue weighted by molar-refractivity contribution is 5.92. The number of allylic oxidation sites excluding steroid dienone is 3. The summed E-state index contributed by atoms with van der Waals surface area (Å²) in [6, 6.07) is 0. The van der Waals surface area contributed by atoms with Gasteiger partial charge in [-0.25, -0.2) is 4.79 Å². The number of hydrogen-bond donors (Lipinski definition) is 1. The molecule has 0 aliphatic heterocycles. The van der Waals surface area contributed by atoms with Crippen molar-refractivity contribution in [1.29, 1.82) is 0 Å². The molecule has 0 aromatic carbocycles. The quantitative estimate of drug-likeness (QED) is 0.485. The van der Waals surface area contributed by atoms with Gasteiger partial charge >= 0.3 is 5.97 Å². The van der Waals surface area contributed by atoms with Crippen LogP contribution in [0.25, 0.3) is 0 Å². The first kappa shape index (κ1) is 32.9. The molecule has 0 fully saturated rings. The van der Waals surface area contributed by atoms with Crippen LogP contribution in [0.5, 0.6) is 0 Å². The summed E-state index contributed by atoms with van der Waals surface area (Å²) >= 11 is 0. The zero-order valence-corrected chi connectivity index (χ0v) is 18.3. The largest absolute Gasteiger partial charge is 0.478 e. The Labute approximate surface area is 168 Å². The van der Waals surface area contributed by atoms with Crippen molar-refractivity contribution in [2.45, 2.75) is 89.0 Å². The third-order valence-electron chi connectivity index (χ3n) is 3.07. The van der Waals surface area contributed by atoms with Crippen molar-refractivity contribution < 1.29 is 19.5 Å². The van der Waals surface area contributed by atoms with E-state index in [4.69, 9.17) is 5.11 Å². The van der Waals surface area contributed by atoms with Crippen molar-refractivity contribution in [2.24, 2.45) is 17.8 Å². The lowest BCUT2D eigenvalue weighted by atomic mass is 10.1. The van der Waals surface area contributed by atoms with Crippen LogP contribution in [0, 0.1) is 17.8 Å². The predicted octanol–water partition coefficient (Wildman–Crippen LogP) is 6.50. The van der Waals surface area contributed by atoms with E-state index in [0.717, 1.165) is 30.4 Å². The van der Waals surface area contributed by atoms with E-state index in [-0.39, 0.29) is 13.2 Å². The molecule has 4 nitrogen and oxygen atoms in total. The molecule has 0 atom stereocenters. The molecular weight excluding hydrogens is 340 g/mol. The van der Waals surface area contributed by atoms with Gasteiger partial charge in [-0.15, -0.1) is 0 Å². The summed E-state index contributed by atoms with van der Waals surface area (Å²) in [6.07, 6.45) is 7.78. The summed E-state index contributed by atoms with van der Waals surface area (Å²) in [5, 5.41) is 8.08. The molecule has 0 unspecified atom stereocenters. The van der Waals surface area contributed by atoms with E-state index in [1.807, 2.05) is 26.8 Å². The minimum absolute atomic E-state index is 0. The summed E-state index contributed by atoms with van der Waals surface area (Å²) in [6.45, 7) is 17.4. The second-order valence-electron chi connectivity index (χ2n) is 7.58. The molecule has 0 aromatic rings. The second kappa shape index (κ2) is 20.6. The van der Waals surface area contributed by atoms with E-state index in [1.165, 1.54) is 6.42 Å². The van der Waals surface area contributed by atoms with Crippen LogP contribution in [-0.2, 0) is 14.4 Å². The molecule has 4 heteroatoms. The minimum atomic E-state index is -0.876. The van der Waals surface area contributed by atoms with Gasteiger partial charge in [0.2, 0.25) is 0 Å². The maximum absolute atomic E-state index is 10.6. The van der Waals surface area contributed by atoms with E-state index in [0.29, 0.717) is 17.6 Å². The molecule has 1 N–H and O–H groups in total. The van der Waals surface area contributed by atoms with Gasteiger partial charge in [0, 0.05) is 12.5 Å². The van der Waals surface area contributed by atoms with Gasteiger partial charge in [0.15, 0.2) is 5.78 Å². The van der Waals surface area contributed by atoms with Gasteiger partial charge in [-0.3, -0.25) is 4.79 Å². The summed E-state index contributed by atoms with van der Waals surface area (Å²) in [5.41, 5.74) is 0.866. The topological polar surface area (TPSA) is 71.4 Å². The van der Waals surface area contributed by atoms with E-state index in [9.17, 15) is 14.4 Å². The molecule has 0 aliphatic carbocycles. The molecular formula is C23H44O4. The number of carbonyl (C=O) groups is 3. The Morgan fingerprint density at radius 2 is 1.37 bits per heavy atom. The number of ketones is 2. The monoisotopic (exact) mass is 384 g/mol. The second-order valence-corrected chi connectivity index (χ2v) is 7.58. The molecule has 0 spiro atoms. The van der Waals surface area contributed by atoms with Gasteiger partial charge in [0.1, 0.15) is 5.78 Å². The number of aliphatic carboxylic acids is 1. The Hall–Kier alpha value is -1.71. The first-order chi connectivity index (χ1) is 11.8. The van der Waals surface area contributed by atoms with E-state index in [1.54, 1.807) is 19.9 Å². The average molecular weight is 385 g/mol. The van der Waals surface area contributed by atoms with E-state index in [2.05, 4.69) is 27.7 Å². The Kier molecular flexibility index (Phi) is 25.1. The average Bonchev–Trinajstić information content (AvgIpc) is 2.44. The van der Waals surface area contributed by atoms with Crippen molar-refractivity contribution in [2.75, 3.05) is 0 Å². The summed E-state index contributed by atoms with van der Waals surface area (Å²) in [7, 11) is 0. The molecule has 0 aromatic heterocycles. The van der Waals surface area contributed by atoms with Crippen LogP contribution < -0.4 is 0 Å². The van der Waals surface area contributed by atoms with Crippen molar-refractivity contribution in [3.05, 3.63) is 23.8 Å². The Morgan fingerprint density at radius 1 is 0.889 bits per heavy atom. The molecule has 0 bridgehead atoms. The number of hydrogen-bond acceptors (Lipinski definition) is 3. The van der Waals surface area contributed by atoms with Crippen LogP contribution in [0.3, 0.4) is 0 Å². The van der Waals surface area contributed by atoms with Gasteiger partial charge in [-0.2, -0.15) is 0 Å². The molecule has 0 saturated carbocycles. The summed E-state index contributed by atoms with van der Waals surface area (Å²) in [5.74, 6) is 1.16. The van der Waals surface area contributed by atoms with Gasteiger partial charge in [0.05, 0.1) is 0 Å². The lowest BCUT2D eigenvalue weighted by Gasteiger charge is -2.00. The van der Waals surface area contributed by atoms with E-state index < -0.39 is 5.97 Å². The lowest BCUT2D eigenvalue weighted by Crippen LogP contribution is -1.93. The first-order valence-electron chi connectivity index (χ1n) is 9.39. The summed E-state index contributed by atoms with van der Waals surface area (Å²) in [4.78, 5) is 30.9.